The van der Waals surface area contributed by atoms with Crippen LogP contribution in [-0.2, 0) is 5.41 Å². The normalized spacial score (nSPS) is 16.3. The van der Waals surface area contributed by atoms with E-state index in [9.17, 15) is 0 Å². The zero-order valence-electron chi connectivity index (χ0n) is 28.6. The Morgan fingerprint density at radius 2 is 0.921 bits per heavy atom. The van der Waals surface area contributed by atoms with Crippen molar-refractivity contribution in [2.45, 2.75) is 136 Å². The fourth-order valence-corrected chi connectivity index (χ4v) is 40.8. The van der Waals surface area contributed by atoms with Gasteiger partial charge in [-0.2, -0.15) is 0 Å². The van der Waals surface area contributed by atoms with Crippen molar-refractivity contribution >= 4 is 55.5 Å². The topological polar surface area (TPSA) is 0 Å². The van der Waals surface area contributed by atoms with E-state index in [0.29, 0.717) is 0 Å². The van der Waals surface area contributed by atoms with Gasteiger partial charge in [0.2, 0.25) is 0 Å². The summed E-state index contributed by atoms with van der Waals surface area (Å²) in [6.45, 7) is 46.6. The van der Waals surface area contributed by atoms with E-state index in [2.05, 4.69) is 155 Å². The van der Waals surface area contributed by atoms with Gasteiger partial charge in [0.15, 0.2) is 0 Å². The van der Waals surface area contributed by atoms with Gasteiger partial charge in [-0.05, 0) is 0 Å². The van der Waals surface area contributed by atoms with Gasteiger partial charge in [-0.3, -0.25) is 0 Å². The predicted octanol–water partition coefficient (Wildman–Crippen LogP) is 9.83. The van der Waals surface area contributed by atoms with E-state index >= 15 is 0 Å². The summed E-state index contributed by atoms with van der Waals surface area (Å²) in [7, 11) is -5.99. The molecule has 0 radical (unpaired) electrons. The van der Waals surface area contributed by atoms with Crippen molar-refractivity contribution in [2.75, 3.05) is 0 Å². The van der Waals surface area contributed by atoms with Crippen molar-refractivity contribution < 1.29 is 0 Å². The van der Waals surface area contributed by atoms with Gasteiger partial charge in [-0.1, -0.05) is 0 Å². The Bertz CT molecular complexity index is 1030. The van der Waals surface area contributed by atoms with Crippen LogP contribution in [0.3, 0.4) is 0 Å². The molecule has 0 fully saturated rings. The van der Waals surface area contributed by atoms with Gasteiger partial charge >= 0.3 is 248 Å². The van der Waals surface area contributed by atoms with E-state index in [4.69, 9.17) is 0 Å². The molecule has 1 aromatic carbocycles. The van der Waals surface area contributed by atoms with E-state index in [0.717, 1.165) is 10.3 Å². The summed E-state index contributed by atoms with van der Waals surface area (Å²) in [5.74, 6) is 0. The number of benzene rings is 1. The van der Waals surface area contributed by atoms with Crippen LogP contribution in [0.1, 0.15) is 68.6 Å². The third-order valence-corrected chi connectivity index (χ3v) is 33.3. The van der Waals surface area contributed by atoms with Crippen LogP contribution in [0, 0.1) is 5.41 Å². The van der Waals surface area contributed by atoms with Crippen LogP contribution in [0.25, 0.3) is 0 Å². The quantitative estimate of drug-likeness (QED) is 0.260. The molecule has 0 unspecified atom stereocenters. The van der Waals surface area contributed by atoms with Gasteiger partial charge in [0.05, 0.1) is 0 Å². The van der Waals surface area contributed by atoms with E-state index in [1.54, 1.807) is 9.97 Å². The molecule has 0 bridgehead atoms. The predicted molar refractivity (Wildman–Crippen MR) is 192 cm³/mol. The van der Waals surface area contributed by atoms with Crippen molar-refractivity contribution in [3.05, 3.63) is 51.5 Å². The minimum atomic E-state index is -1.92. The number of hydrogen-bond donors (Lipinski definition) is 0. The average molecular weight is 644 g/mol. The summed E-state index contributed by atoms with van der Waals surface area (Å²) in [6.07, 6.45) is 7.26. The summed E-state index contributed by atoms with van der Waals surface area (Å²) in [5, 5.41) is 1.52. The molecular weight excluding hydrogens is 581 g/mol. The van der Waals surface area contributed by atoms with Gasteiger partial charge in [0, 0.05) is 0 Å². The van der Waals surface area contributed by atoms with Gasteiger partial charge < -0.3 is 0 Å². The van der Waals surface area contributed by atoms with Crippen LogP contribution in [0.5, 0.6) is 0 Å². The molecule has 1 heterocycles. The van der Waals surface area contributed by atoms with Crippen LogP contribution in [0.2, 0.25) is 78.6 Å². The van der Waals surface area contributed by atoms with Gasteiger partial charge in [-0.25, -0.2) is 0 Å². The second-order valence-corrected chi connectivity index (χ2v) is 45.4. The third-order valence-electron chi connectivity index (χ3n) is 8.16. The molecule has 0 saturated heterocycles. The summed E-state index contributed by atoms with van der Waals surface area (Å²) in [5.41, 5.74) is 5.56. The Morgan fingerprint density at radius 1 is 0.553 bits per heavy atom. The van der Waals surface area contributed by atoms with Crippen molar-refractivity contribution in [1.29, 1.82) is 0 Å². The molecule has 0 N–H and O–H groups in total. The first kappa shape index (κ1) is 34.2. The minimum absolute atomic E-state index is 0.151. The van der Waals surface area contributed by atoms with Gasteiger partial charge in [0.1, 0.15) is 0 Å². The second kappa shape index (κ2) is 11.0. The first-order chi connectivity index (χ1) is 16.7. The van der Waals surface area contributed by atoms with E-state index in [-0.39, 0.29) is 10.8 Å². The van der Waals surface area contributed by atoms with Gasteiger partial charge in [0.25, 0.3) is 0 Å². The molecule has 0 saturated carbocycles. The first-order valence-electron chi connectivity index (χ1n) is 15.0. The maximum atomic E-state index is 2.76. The number of hydrogen-bond acceptors (Lipinski definition) is 0. The second-order valence-electron chi connectivity index (χ2n) is 18.4. The molecule has 38 heavy (non-hydrogen) atoms. The molecule has 5 heteroatoms. The zero-order chi connectivity index (χ0) is 29.9. The molecule has 1 aliphatic heterocycles. The third kappa shape index (κ3) is 7.83. The Balaban J connectivity index is 3.33. The molecule has 1 aliphatic rings. The van der Waals surface area contributed by atoms with Crippen molar-refractivity contribution in [3.8, 4) is 0 Å². The monoisotopic (exact) mass is 644 g/mol. The van der Waals surface area contributed by atoms with Gasteiger partial charge in [-0.15, -0.1) is 0 Å². The van der Waals surface area contributed by atoms with E-state index < -0.39 is 46.2 Å². The Morgan fingerprint density at radius 3 is 1.21 bits per heavy atom. The van der Waals surface area contributed by atoms with Crippen molar-refractivity contribution in [3.63, 3.8) is 0 Å². The molecular formula is C33H62GeSi4. The maximum absolute atomic E-state index is 2.76. The first-order valence-corrected chi connectivity index (χ1v) is 32.6. The van der Waals surface area contributed by atoms with Crippen molar-refractivity contribution in [2.24, 2.45) is 5.41 Å². The van der Waals surface area contributed by atoms with Crippen LogP contribution in [0.4, 0.5) is 0 Å². The molecule has 0 atom stereocenters. The van der Waals surface area contributed by atoms with Crippen LogP contribution < -0.4 is 4.40 Å². The zero-order valence-corrected chi connectivity index (χ0v) is 34.7. The summed E-state index contributed by atoms with van der Waals surface area (Å²) >= 11 is -1.92. The molecule has 214 valence electrons. The SMILES string of the molecule is CC(C)(C)[C]1=CC=C[CH]=[Ge]1[c]1c(C([Si](C)(C)C)[Si](C)(C)C)cc(C(C)(C)C)cc1C([Si](C)(C)C)[Si](C)(C)C. The van der Waals surface area contributed by atoms with Crippen molar-refractivity contribution in [1.82, 2.24) is 0 Å². The molecule has 0 amide bonds. The molecule has 0 nitrogen and oxygen atoms in total. The van der Waals surface area contributed by atoms with E-state index in [1.165, 1.54) is 0 Å². The molecule has 2 rings (SSSR count). The van der Waals surface area contributed by atoms with Crippen LogP contribution in [0.15, 0.2) is 34.8 Å². The number of rotatable bonds is 7. The molecule has 0 spiro atoms. The summed E-state index contributed by atoms with van der Waals surface area (Å²) in [4.78, 5) is 2.72. The molecule has 1 aromatic rings. The van der Waals surface area contributed by atoms with Crippen LogP contribution in [-0.4, -0.2) is 51.1 Å². The number of allylic oxidation sites excluding steroid dienone is 4. The van der Waals surface area contributed by atoms with Crippen LogP contribution >= 0.6 is 0 Å². The Hall–Kier alpha value is -0.0196. The molecule has 0 aromatic heterocycles. The standard InChI is InChI=1S/C33H62GeSi4/c1-32(2,3)25-23-26(30(35(7,8)9)36(10,11)12)29(34-22-20-19-21-28(34)33(4,5)6)27(24-25)31(37(13,14)15)38(16,17)18/h19-24,30-31H,1-18H3. The fourth-order valence-electron chi connectivity index (χ4n) is 7.71. The van der Waals surface area contributed by atoms with E-state index in [1.807, 2.05) is 15.5 Å². The summed E-state index contributed by atoms with van der Waals surface area (Å²) in [6, 6.07) is 5.52. The fraction of sp³-hybridized carbons (Fsp3) is 0.667. The molecule has 0 aliphatic carbocycles. The Kier molecular flexibility index (Phi) is 9.89. The summed E-state index contributed by atoms with van der Waals surface area (Å²) < 4.78 is 3.63. The average Bonchev–Trinajstić information content (AvgIpc) is 2.61. The Labute approximate surface area is 246 Å².